The Morgan fingerprint density at radius 3 is 1.63 bits per heavy atom. The Kier molecular flexibility index (Phi) is 35.9. The number of aldehydes is 2. The molecule has 18 nitrogen and oxygen atoms in total. The van der Waals surface area contributed by atoms with Gasteiger partial charge in [0, 0.05) is 188 Å². The third kappa shape index (κ3) is 24.2. The van der Waals surface area contributed by atoms with E-state index >= 15 is 0 Å². The van der Waals surface area contributed by atoms with E-state index in [0.29, 0.717) is 86.7 Å². The largest absolute Gasteiger partial charge is 0.456 e. The van der Waals surface area contributed by atoms with E-state index < -0.39 is 32.9 Å². The molecule has 23 heteroatoms. The molecule has 0 fully saturated rings. The fraction of sp³-hybridized carbons (Fsp3) is 0.449. The molecule has 0 radical (unpaired) electrons. The number of unbranched alkanes of at least 4 members (excludes halogenated alkanes) is 3. The number of fused-ring (bicyclic) bond motifs is 10. The Bertz CT molecular complexity index is 7400. The van der Waals surface area contributed by atoms with E-state index in [4.69, 9.17) is 44.3 Å². The van der Waals surface area contributed by atoms with Gasteiger partial charge >= 0.3 is 0 Å². The minimum Gasteiger partial charge on any atom is -0.456 e. The van der Waals surface area contributed by atoms with Crippen LogP contribution in [0, 0.1) is 30.1 Å². The number of anilines is 3. The summed E-state index contributed by atoms with van der Waals surface area (Å²) in [7, 11) is 3.88. The van der Waals surface area contributed by atoms with Crippen molar-refractivity contribution in [1.82, 2.24) is 14.5 Å². The number of carbonyl (C=O) groups excluding carboxylic acids is 6. The van der Waals surface area contributed by atoms with Crippen molar-refractivity contribution in [2.45, 2.75) is 311 Å². The Morgan fingerprint density at radius 2 is 1.09 bits per heavy atom. The van der Waals surface area contributed by atoms with Gasteiger partial charge in [-0.3, -0.25) is 38.2 Å². The fourth-order valence-electron chi connectivity index (χ4n) is 21.6. The highest BCUT2D eigenvalue weighted by Crippen LogP contribution is 2.54. The van der Waals surface area contributed by atoms with Gasteiger partial charge in [-0.15, -0.1) is 11.8 Å². The fourth-order valence-corrected chi connectivity index (χ4v) is 24.2. The molecule has 8 aromatic carbocycles. The maximum Gasteiger partial charge on any atom is 0.269 e. The van der Waals surface area contributed by atoms with Gasteiger partial charge in [0.1, 0.15) is 66.1 Å². The predicted molar refractivity (Wildman–Crippen MR) is 629 cm³/mol. The van der Waals surface area contributed by atoms with Crippen LogP contribution in [0.5, 0.6) is 23.0 Å². The van der Waals surface area contributed by atoms with E-state index in [1.54, 1.807) is 17.9 Å². The van der Waals surface area contributed by atoms with Crippen LogP contribution in [0.4, 0.5) is 22.7 Å². The van der Waals surface area contributed by atoms with E-state index in [9.17, 15) is 41.7 Å². The Balaban J connectivity index is 0.000000208. The zero-order valence-electron chi connectivity index (χ0n) is 93.4. The smallest absolute Gasteiger partial charge is 0.269 e. The van der Waals surface area contributed by atoms with Gasteiger partial charge in [0.15, 0.2) is 29.4 Å². The lowest BCUT2D eigenvalue weighted by atomic mass is 9.80. The average Bonchev–Trinajstić information content (AvgIpc) is 1.000. The van der Waals surface area contributed by atoms with Gasteiger partial charge in [0.25, 0.3) is 10.1 Å². The van der Waals surface area contributed by atoms with Crippen LogP contribution in [0.1, 0.15) is 334 Å². The molecule has 0 saturated carbocycles. The number of rotatable bonds is 24. The monoisotopic (exact) mass is 2130 g/mol. The first-order valence-electron chi connectivity index (χ1n) is 52.0. The van der Waals surface area contributed by atoms with Crippen molar-refractivity contribution in [3.8, 4) is 23.0 Å². The first-order chi connectivity index (χ1) is 68.8. The van der Waals surface area contributed by atoms with Crippen LogP contribution in [0.3, 0.4) is 0 Å². The SMILES string of the molecule is C.C.CC(=O)C(C)(C)C.CC1=CC(C)(C)N(C)c2cc3c(cc21)C(c1ccccc1C=O)=c1cc2c(cc1O3)=[N+](C)C(C)(C)C=C2CS(=O)(=O)O.CCCCC(NC(=O)CSc1c(Cl)c(Cl)c(C=O)c(C2=c3cc4c(cc3Oc3cc5c(cc32)C(C)=CC(C)(C)N5C)=[N+](C)C(C)(C)C=C4C)c1Cl)C(=O)C(C)(C)C.CC[NH+]1c2ccc(C)cc2C(C)(C)C1/C=C/C=C/C=C1/N(CCCCCC(=O)C(C)(C)C)c2ccc(C)cc2C1(C)C. The maximum absolute atomic E-state index is 13.5. The minimum absolute atomic E-state index is 0. The first-order valence-corrected chi connectivity index (χ1v) is 55.7. The van der Waals surface area contributed by atoms with Crippen molar-refractivity contribution in [2.24, 2.45) is 16.2 Å². The van der Waals surface area contributed by atoms with Crippen LogP contribution in [0.25, 0.3) is 33.4 Å². The molecule has 8 aliphatic rings. The zero-order valence-corrected chi connectivity index (χ0v) is 97.3. The van der Waals surface area contributed by atoms with Crippen LogP contribution in [-0.4, -0.2) is 136 Å². The maximum atomic E-state index is 13.5. The summed E-state index contributed by atoms with van der Waals surface area (Å²) in [6.07, 6.45) is 27.6. The molecule has 0 aliphatic carbocycles. The summed E-state index contributed by atoms with van der Waals surface area (Å²) in [6.45, 7) is 62.6. The second-order valence-corrected chi connectivity index (χ2v) is 51.3. The van der Waals surface area contributed by atoms with Crippen LogP contribution < -0.4 is 64.7 Å². The molecule has 3 N–H and O–H groups in total. The molecular weight excluding hydrogens is 1970 g/mol. The number of aryl methyl sites for hydroxylation is 2. The summed E-state index contributed by atoms with van der Waals surface area (Å²) in [6, 6.07) is 37.5. The summed E-state index contributed by atoms with van der Waals surface area (Å²) in [4.78, 5) is 84.0. The molecular formula is C127H163Cl3N7O11S2+3. The van der Waals surface area contributed by atoms with Gasteiger partial charge in [0.2, 0.25) is 16.6 Å². The normalized spacial score (nSPS) is 18.2. The van der Waals surface area contributed by atoms with Gasteiger partial charge in [0.05, 0.1) is 67.6 Å². The molecule has 0 bridgehead atoms. The van der Waals surface area contributed by atoms with Gasteiger partial charge in [-0.05, 0) is 209 Å². The van der Waals surface area contributed by atoms with Crippen LogP contribution >= 0.6 is 46.6 Å². The van der Waals surface area contributed by atoms with Crippen molar-refractivity contribution in [1.29, 1.82) is 0 Å². The molecule has 16 rings (SSSR count). The molecule has 802 valence electrons. The number of benzene rings is 8. The molecule has 8 heterocycles. The van der Waals surface area contributed by atoms with Gasteiger partial charge in [-0.25, -0.2) is 9.15 Å². The quantitative estimate of drug-likeness (QED) is 0.00978. The number of likely N-dealkylation sites (N-methyl/N-ethyl adjacent to an activating group) is 5. The number of carbonyl (C=O) groups is 6. The highest BCUT2D eigenvalue weighted by Gasteiger charge is 2.49. The van der Waals surface area contributed by atoms with E-state index in [1.165, 1.54) is 39.3 Å². The number of ether oxygens (including phenoxy) is 2. The van der Waals surface area contributed by atoms with Crippen molar-refractivity contribution >= 4 is 149 Å². The first kappa shape index (κ1) is 119. The Labute approximate surface area is 913 Å². The molecule has 0 saturated heterocycles. The molecule has 0 aromatic heterocycles. The molecule has 0 spiro atoms. The number of halogens is 3. The summed E-state index contributed by atoms with van der Waals surface area (Å²) in [5.74, 6) is 2.16. The molecule has 8 aliphatic heterocycles. The lowest BCUT2D eigenvalue weighted by molar-refractivity contribution is -0.848. The summed E-state index contributed by atoms with van der Waals surface area (Å²) in [5.41, 5.74) is 22.2. The van der Waals surface area contributed by atoms with E-state index in [0.717, 1.165) is 151 Å². The summed E-state index contributed by atoms with van der Waals surface area (Å²) < 4.78 is 51.8. The number of amides is 1. The number of ketones is 3. The standard InChI is InChI=1S/C46H52Cl3N3O4S.C39H54N2O.C34H34N2O5S.C6H12O.2CH4/c1-13-14-15-31(43(55)44(4,5)6)50-36(54)23-57-42-40(48)38(30(22-53)39(47)41(42)49)37-28-16-26-24(2)20-45(7,8)51(11)32(26)18-34(28)56-35-19-33-27(17-29(35)37)25(3)21-46(9,10)52(33)12;1-11-40-32-23-21-28(2)26-30(32)38(7,8)34(40)18-14-12-15-19-35-39(9,10)31-27-29(3)22-24-33(31)41(35)25-17-13-16-20-36(42)37(4,5)6;1-20-16-33(2,3)35(6)28-14-30-26(12-24(20)28)32(23-11-9-8-10-21(23)18-37)27-13-25-22(19-42(38,39)40)17-34(4,5)36(7)29(25)15-31(27)41-30;1-5(7)6(2,3)4;;/h16-22,31H,13-15,23H2,1-12H3;12,14-15,18-19,21-24,26-27,34H,11,13,16-17,20,25H2,1-10H3;8-18H,19H2,1-7H3;1-4H3;2*1H4/p+3/b;15-12+,18-14+,35-19+;;;;. The number of hydrogen-bond acceptors (Lipinski definition) is 14. The van der Waals surface area contributed by atoms with Gasteiger partial charge in [-0.2, -0.15) is 8.42 Å². The Hall–Kier alpha value is -10.8. The van der Waals surface area contributed by atoms with Crippen molar-refractivity contribution in [3.63, 3.8) is 0 Å². The third-order valence-corrected chi connectivity index (χ3v) is 34.6. The molecule has 1 amide bonds. The molecule has 150 heavy (non-hydrogen) atoms. The Morgan fingerprint density at radius 1 is 0.567 bits per heavy atom. The van der Waals surface area contributed by atoms with Crippen LogP contribution in [0.15, 0.2) is 174 Å². The lowest BCUT2D eigenvalue weighted by Gasteiger charge is -2.41. The zero-order chi connectivity index (χ0) is 109. The summed E-state index contributed by atoms with van der Waals surface area (Å²) in [5, 5.41) is 6.56. The van der Waals surface area contributed by atoms with Crippen molar-refractivity contribution in [3.05, 3.63) is 284 Å². The van der Waals surface area contributed by atoms with Crippen LogP contribution in [0.2, 0.25) is 15.1 Å². The number of nitrogens with zero attached hydrogens (tertiary/aromatic N) is 5. The second-order valence-electron chi connectivity index (χ2n) is 47.7. The average molecular weight is 2130 g/mol. The number of Topliss-reactive ketones (excluding diaryl/α,β-unsaturated/α-hetero) is 3. The number of hydrogen-bond donors (Lipinski definition) is 3. The lowest BCUT2D eigenvalue weighted by Crippen LogP contribution is -3.10. The topological polar surface area (TPSA) is 207 Å². The number of allylic oxidation sites excluding steroid dienone is 8. The molecule has 3 unspecified atom stereocenters. The van der Waals surface area contributed by atoms with Gasteiger partial charge in [-0.1, -0.05) is 236 Å². The minimum atomic E-state index is -4.29. The van der Waals surface area contributed by atoms with Crippen molar-refractivity contribution in [2.75, 3.05) is 67.5 Å². The summed E-state index contributed by atoms with van der Waals surface area (Å²) >= 11 is 22.5. The van der Waals surface area contributed by atoms with E-state index in [2.05, 4.69) is 289 Å². The molecule has 3 atom stereocenters. The molecule has 8 aromatic rings. The number of nitrogens with one attached hydrogen (secondary N) is 2. The van der Waals surface area contributed by atoms with Crippen molar-refractivity contribution < 1.29 is 56.1 Å². The third-order valence-electron chi connectivity index (χ3n) is 31.4. The van der Waals surface area contributed by atoms with Gasteiger partial charge < -0.3 is 29.5 Å². The predicted octanol–water partition coefficient (Wildman–Crippen LogP) is 26.2. The van der Waals surface area contributed by atoms with E-state index in [1.807, 2.05) is 120 Å². The number of quaternary nitrogens is 1. The second kappa shape index (κ2) is 45.1. The number of thioether (sulfide) groups is 1. The highest BCUT2D eigenvalue weighted by atomic mass is 35.5. The highest BCUT2D eigenvalue weighted by molar-refractivity contribution is 8.00. The van der Waals surface area contributed by atoms with E-state index in [-0.39, 0.29) is 97.0 Å². The van der Waals surface area contributed by atoms with Crippen LogP contribution in [-0.2, 0) is 40.1 Å².